The van der Waals surface area contributed by atoms with E-state index in [0.717, 1.165) is 0 Å². The fourth-order valence-electron chi connectivity index (χ4n) is 1.68. The lowest BCUT2D eigenvalue weighted by molar-refractivity contribution is 0.1000. The maximum Gasteiger partial charge on any atom is 0.266 e. The standard InChI is InChI=1S/C11H7N3O2S/c12-10(15)6-1-2-9-13-8-5-17-4-7(8)11(16)14(9)3-6/h1-5H,(H2,12,15). The second-order valence-corrected chi connectivity index (χ2v) is 4.34. The molecule has 5 nitrogen and oxygen atoms in total. The van der Waals surface area contributed by atoms with E-state index in [2.05, 4.69) is 4.98 Å². The number of amides is 1. The highest BCUT2D eigenvalue weighted by Gasteiger charge is 2.08. The van der Waals surface area contributed by atoms with Crippen molar-refractivity contribution in [1.29, 1.82) is 0 Å². The van der Waals surface area contributed by atoms with Gasteiger partial charge in [0.15, 0.2) is 0 Å². The van der Waals surface area contributed by atoms with Crippen molar-refractivity contribution in [3.63, 3.8) is 0 Å². The Hall–Kier alpha value is -2.21. The first-order chi connectivity index (χ1) is 8.16. The van der Waals surface area contributed by atoms with E-state index < -0.39 is 5.91 Å². The van der Waals surface area contributed by atoms with Crippen LogP contribution < -0.4 is 11.3 Å². The van der Waals surface area contributed by atoms with Crippen LogP contribution in [0.1, 0.15) is 10.4 Å². The van der Waals surface area contributed by atoms with Gasteiger partial charge in [0.1, 0.15) is 5.65 Å². The Kier molecular flexibility index (Phi) is 1.99. The van der Waals surface area contributed by atoms with Crippen LogP contribution in [0, 0.1) is 0 Å². The summed E-state index contributed by atoms with van der Waals surface area (Å²) in [5.41, 5.74) is 6.46. The van der Waals surface area contributed by atoms with Crippen molar-refractivity contribution in [2.75, 3.05) is 0 Å². The van der Waals surface area contributed by atoms with Gasteiger partial charge < -0.3 is 5.73 Å². The molecule has 3 heterocycles. The zero-order chi connectivity index (χ0) is 12.0. The minimum Gasteiger partial charge on any atom is -0.366 e. The smallest absolute Gasteiger partial charge is 0.266 e. The van der Waals surface area contributed by atoms with Crippen LogP contribution in [0.25, 0.3) is 16.6 Å². The van der Waals surface area contributed by atoms with Crippen LogP contribution in [-0.2, 0) is 0 Å². The predicted octanol–water partition coefficient (Wildman–Crippen LogP) is 1.01. The molecule has 0 aliphatic rings. The highest BCUT2D eigenvalue weighted by atomic mass is 32.1. The van der Waals surface area contributed by atoms with Gasteiger partial charge in [0, 0.05) is 17.0 Å². The molecule has 0 saturated heterocycles. The number of aromatic nitrogens is 2. The quantitative estimate of drug-likeness (QED) is 0.695. The van der Waals surface area contributed by atoms with E-state index in [0.29, 0.717) is 16.6 Å². The van der Waals surface area contributed by atoms with Gasteiger partial charge in [-0.3, -0.25) is 14.0 Å². The van der Waals surface area contributed by atoms with Crippen molar-refractivity contribution in [3.05, 3.63) is 45.0 Å². The third-order valence-electron chi connectivity index (χ3n) is 2.54. The largest absolute Gasteiger partial charge is 0.366 e. The van der Waals surface area contributed by atoms with Gasteiger partial charge in [-0.1, -0.05) is 0 Å². The van der Waals surface area contributed by atoms with Gasteiger partial charge in [0.2, 0.25) is 5.91 Å². The van der Waals surface area contributed by atoms with Gasteiger partial charge in [-0.05, 0) is 12.1 Å². The zero-order valence-electron chi connectivity index (χ0n) is 8.58. The summed E-state index contributed by atoms with van der Waals surface area (Å²) >= 11 is 1.42. The molecule has 0 spiro atoms. The molecule has 3 rings (SSSR count). The van der Waals surface area contributed by atoms with E-state index in [1.165, 1.54) is 21.9 Å². The lowest BCUT2D eigenvalue weighted by atomic mass is 10.2. The molecule has 0 aliphatic carbocycles. The van der Waals surface area contributed by atoms with Crippen molar-refractivity contribution < 1.29 is 4.79 Å². The normalized spacial score (nSPS) is 11.1. The van der Waals surface area contributed by atoms with Crippen molar-refractivity contribution >= 4 is 33.8 Å². The molecule has 0 radical (unpaired) electrons. The lowest BCUT2D eigenvalue weighted by Crippen LogP contribution is -2.18. The molecule has 0 fully saturated rings. The molecule has 2 N–H and O–H groups in total. The molecule has 0 atom stereocenters. The minimum atomic E-state index is -0.566. The second-order valence-electron chi connectivity index (χ2n) is 3.60. The van der Waals surface area contributed by atoms with E-state index >= 15 is 0 Å². The van der Waals surface area contributed by atoms with Crippen LogP contribution >= 0.6 is 11.3 Å². The van der Waals surface area contributed by atoms with Gasteiger partial charge in [0.25, 0.3) is 5.56 Å². The molecule has 3 aromatic rings. The summed E-state index contributed by atoms with van der Waals surface area (Å²) in [6, 6.07) is 3.17. The Morgan fingerprint density at radius 1 is 1.35 bits per heavy atom. The molecule has 0 aliphatic heterocycles. The minimum absolute atomic E-state index is 0.186. The number of thiophene rings is 1. The maximum atomic E-state index is 12.1. The highest BCUT2D eigenvalue weighted by molar-refractivity contribution is 7.09. The highest BCUT2D eigenvalue weighted by Crippen LogP contribution is 2.14. The predicted molar refractivity (Wildman–Crippen MR) is 65.4 cm³/mol. The number of hydrogen-bond donors (Lipinski definition) is 1. The van der Waals surface area contributed by atoms with Crippen LogP contribution in [-0.4, -0.2) is 15.3 Å². The molecule has 0 unspecified atom stereocenters. The van der Waals surface area contributed by atoms with E-state index in [9.17, 15) is 9.59 Å². The number of primary amides is 1. The van der Waals surface area contributed by atoms with Crippen molar-refractivity contribution in [1.82, 2.24) is 9.38 Å². The van der Waals surface area contributed by atoms with Gasteiger partial charge >= 0.3 is 0 Å². The van der Waals surface area contributed by atoms with Gasteiger partial charge in [-0.25, -0.2) is 4.98 Å². The average molecular weight is 245 g/mol. The maximum absolute atomic E-state index is 12.1. The first-order valence-corrected chi connectivity index (χ1v) is 5.79. The number of rotatable bonds is 1. The number of nitrogens with two attached hydrogens (primary N) is 1. The molecular weight excluding hydrogens is 238 g/mol. The van der Waals surface area contributed by atoms with Crippen LogP contribution in [0.15, 0.2) is 33.9 Å². The van der Waals surface area contributed by atoms with E-state index in [1.807, 2.05) is 5.38 Å². The molecule has 0 bridgehead atoms. The summed E-state index contributed by atoms with van der Waals surface area (Å²) in [5, 5.41) is 4.11. The van der Waals surface area contributed by atoms with Crippen LogP contribution in [0.3, 0.4) is 0 Å². The monoisotopic (exact) mass is 245 g/mol. The average Bonchev–Trinajstić information content (AvgIpc) is 2.77. The Balaban J connectivity index is 2.50. The van der Waals surface area contributed by atoms with Crippen molar-refractivity contribution in [2.24, 2.45) is 5.73 Å². The van der Waals surface area contributed by atoms with Crippen LogP contribution in [0.5, 0.6) is 0 Å². The van der Waals surface area contributed by atoms with Gasteiger partial charge in [0.05, 0.1) is 16.5 Å². The van der Waals surface area contributed by atoms with E-state index in [1.54, 1.807) is 17.5 Å². The number of fused-ring (bicyclic) bond motifs is 2. The molecule has 1 amide bonds. The molecule has 84 valence electrons. The molecular formula is C11H7N3O2S. The third kappa shape index (κ3) is 1.42. The van der Waals surface area contributed by atoms with Crippen molar-refractivity contribution in [2.45, 2.75) is 0 Å². The summed E-state index contributed by atoms with van der Waals surface area (Å²) in [6.07, 6.45) is 1.42. The SMILES string of the molecule is NC(=O)c1ccc2nc3cscc3c(=O)n2c1. The summed E-state index contributed by atoms with van der Waals surface area (Å²) in [6.45, 7) is 0. The van der Waals surface area contributed by atoms with Crippen LogP contribution in [0.4, 0.5) is 0 Å². The Labute approximate surface area is 99.1 Å². The number of carbonyl (C=O) groups is 1. The van der Waals surface area contributed by atoms with E-state index in [-0.39, 0.29) is 11.1 Å². The topological polar surface area (TPSA) is 77.5 Å². The molecule has 6 heteroatoms. The first-order valence-electron chi connectivity index (χ1n) is 4.85. The number of hydrogen-bond acceptors (Lipinski definition) is 4. The fourth-order valence-corrected chi connectivity index (χ4v) is 2.42. The summed E-state index contributed by atoms with van der Waals surface area (Å²) in [4.78, 5) is 27.5. The molecule has 0 aromatic carbocycles. The Morgan fingerprint density at radius 2 is 2.18 bits per heavy atom. The van der Waals surface area contributed by atoms with E-state index in [4.69, 9.17) is 5.73 Å². The molecule has 17 heavy (non-hydrogen) atoms. The zero-order valence-corrected chi connectivity index (χ0v) is 9.40. The lowest BCUT2D eigenvalue weighted by Gasteiger charge is -2.02. The second kappa shape index (κ2) is 3.39. The molecule has 0 saturated carbocycles. The number of carbonyl (C=O) groups excluding carboxylic acids is 1. The number of nitrogens with zero attached hydrogens (tertiary/aromatic N) is 2. The third-order valence-corrected chi connectivity index (χ3v) is 3.27. The molecule has 3 aromatic heterocycles. The fraction of sp³-hybridized carbons (Fsp3) is 0. The summed E-state index contributed by atoms with van der Waals surface area (Å²) < 4.78 is 1.34. The van der Waals surface area contributed by atoms with Crippen LogP contribution in [0.2, 0.25) is 0 Å². The van der Waals surface area contributed by atoms with Gasteiger partial charge in [-0.15, -0.1) is 11.3 Å². The van der Waals surface area contributed by atoms with Gasteiger partial charge in [-0.2, -0.15) is 0 Å². The first kappa shape index (κ1) is 9.98. The Morgan fingerprint density at radius 3 is 2.94 bits per heavy atom. The number of pyridine rings is 1. The van der Waals surface area contributed by atoms with Crippen molar-refractivity contribution in [3.8, 4) is 0 Å². The Bertz CT molecular complexity index is 803. The summed E-state index contributed by atoms with van der Waals surface area (Å²) in [5.74, 6) is -0.566. The summed E-state index contributed by atoms with van der Waals surface area (Å²) in [7, 11) is 0.